The van der Waals surface area contributed by atoms with Gasteiger partial charge in [0.1, 0.15) is 0 Å². The summed E-state index contributed by atoms with van der Waals surface area (Å²) in [6.45, 7) is 5.25. The van der Waals surface area contributed by atoms with Gasteiger partial charge in [-0.05, 0) is 54.5 Å². The monoisotopic (exact) mass is 461 g/mol. The van der Waals surface area contributed by atoms with Gasteiger partial charge in [0, 0.05) is 41.7 Å². The Morgan fingerprint density at radius 2 is 2.00 bits per heavy atom. The molecule has 0 aliphatic carbocycles. The number of nitrogens with one attached hydrogen (secondary N) is 1. The second-order valence-corrected chi connectivity index (χ2v) is 9.94. The smallest absolute Gasteiger partial charge is 0.283 e. The maximum Gasteiger partial charge on any atom is 0.283 e. The lowest BCUT2D eigenvalue weighted by Gasteiger charge is -2.32. The standard InChI is InChI=1S/C22H27N3O4S2/c1-15(2)7-12-31-20-4-3-16(13-19(20)25(28)29)22(27)24-9-5-18(6-10-24)23-21(26)17-8-11-30-14-17/h3-4,8,11,13-15,18H,5-7,9-10,12H2,1-2H3,(H,23,26). The summed E-state index contributed by atoms with van der Waals surface area (Å²) < 4.78 is 0. The number of thioether (sulfide) groups is 1. The van der Waals surface area contributed by atoms with Crippen molar-refractivity contribution in [3.8, 4) is 0 Å². The molecule has 3 rings (SSSR count). The molecular formula is C22H27N3O4S2. The van der Waals surface area contributed by atoms with Gasteiger partial charge >= 0.3 is 0 Å². The van der Waals surface area contributed by atoms with E-state index in [1.165, 1.54) is 29.2 Å². The second-order valence-electron chi connectivity index (χ2n) is 8.02. The molecule has 0 unspecified atom stereocenters. The van der Waals surface area contributed by atoms with Gasteiger partial charge in [-0.25, -0.2) is 0 Å². The van der Waals surface area contributed by atoms with Crippen LogP contribution in [-0.4, -0.2) is 46.5 Å². The molecule has 1 aliphatic heterocycles. The Morgan fingerprint density at radius 1 is 1.26 bits per heavy atom. The number of rotatable bonds is 8. The van der Waals surface area contributed by atoms with Gasteiger partial charge in [0.2, 0.25) is 0 Å². The van der Waals surface area contributed by atoms with E-state index in [2.05, 4.69) is 19.2 Å². The molecule has 9 heteroatoms. The van der Waals surface area contributed by atoms with Gasteiger partial charge in [-0.15, -0.1) is 11.8 Å². The van der Waals surface area contributed by atoms with Crippen molar-refractivity contribution in [3.63, 3.8) is 0 Å². The highest BCUT2D eigenvalue weighted by molar-refractivity contribution is 7.99. The Labute approximate surface area is 190 Å². The summed E-state index contributed by atoms with van der Waals surface area (Å²) in [4.78, 5) is 38.5. The van der Waals surface area contributed by atoms with Gasteiger partial charge in [-0.1, -0.05) is 13.8 Å². The van der Waals surface area contributed by atoms with Crippen molar-refractivity contribution in [3.05, 3.63) is 56.3 Å². The number of hydrogen-bond donors (Lipinski definition) is 1. The average molecular weight is 462 g/mol. The van der Waals surface area contributed by atoms with E-state index in [0.717, 1.165) is 12.2 Å². The van der Waals surface area contributed by atoms with E-state index < -0.39 is 4.92 Å². The van der Waals surface area contributed by atoms with Crippen LogP contribution >= 0.6 is 23.1 Å². The minimum Gasteiger partial charge on any atom is -0.349 e. The van der Waals surface area contributed by atoms with Crippen LogP contribution in [0.3, 0.4) is 0 Å². The number of nitro benzene ring substituents is 1. The SMILES string of the molecule is CC(C)CCSc1ccc(C(=O)N2CCC(NC(=O)c3ccsc3)CC2)cc1[N+](=O)[O-]. The Balaban J connectivity index is 1.59. The third kappa shape index (κ3) is 6.30. The molecule has 0 radical (unpaired) electrons. The van der Waals surface area contributed by atoms with Crippen LogP contribution in [0.1, 0.15) is 53.8 Å². The quantitative estimate of drug-likeness (QED) is 0.345. The summed E-state index contributed by atoms with van der Waals surface area (Å²) in [5, 5.41) is 18.2. The highest BCUT2D eigenvalue weighted by atomic mass is 32.2. The molecule has 1 aromatic carbocycles. The van der Waals surface area contributed by atoms with Crippen molar-refractivity contribution in [1.29, 1.82) is 0 Å². The Morgan fingerprint density at radius 3 is 2.61 bits per heavy atom. The summed E-state index contributed by atoms with van der Waals surface area (Å²) in [5.41, 5.74) is 0.973. The van der Waals surface area contributed by atoms with Gasteiger partial charge < -0.3 is 10.2 Å². The van der Waals surface area contributed by atoms with Crippen LogP contribution in [-0.2, 0) is 0 Å². The van der Waals surface area contributed by atoms with E-state index in [-0.39, 0.29) is 23.5 Å². The lowest BCUT2D eigenvalue weighted by Crippen LogP contribution is -2.46. The van der Waals surface area contributed by atoms with E-state index in [4.69, 9.17) is 0 Å². The van der Waals surface area contributed by atoms with Crippen LogP contribution in [0.15, 0.2) is 39.9 Å². The largest absolute Gasteiger partial charge is 0.349 e. The number of amides is 2. The first-order valence-electron chi connectivity index (χ1n) is 10.4. The van der Waals surface area contributed by atoms with Crippen LogP contribution < -0.4 is 5.32 Å². The predicted molar refractivity (Wildman–Crippen MR) is 124 cm³/mol. The fourth-order valence-electron chi connectivity index (χ4n) is 3.39. The number of piperidine rings is 1. The van der Waals surface area contributed by atoms with Crippen LogP contribution in [0.5, 0.6) is 0 Å². The molecule has 1 aromatic heterocycles. The van der Waals surface area contributed by atoms with Gasteiger partial charge in [0.05, 0.1) is 9.82 Å². The molecule has 2 amide bonds. The summed E-state index contributed by atoms with van der Waals surface area (Å²) >= 11 is 2.94. The molecule has 0 spiro atoms. The molecule has 0 saturated carbocycles. The first-order chi connectivity index (χ1) is 14.8. The van der Waals surface area contributed by atoms with Crippen molar-refractivity contribution in [2.24, 2.45) is 5.92 Å². The predicted octanol–water partition coefficient (Wildman–Crippen LogP) is 4.83. The minimum absolute atomic E-state index is 0.0162. The van der Waals surface area contributed by atoms with Crippen molar-refractivity contribution in [2.75, 3.05) is 18.8 Å². The van der Waals surface area contributed by atoms with E-state index in [9.17, 15) is 19.7 Å². The Hall–Kier alpha value is -2.39. The van der Waals surface area contributed by atoms with E-state index in [1.807, 2.05) is 10.8 Å². The summed E-state index contributed by atoms with van der Waals surface area (Å²) in [7, 11) is 0. The summed E-state index contributed by atoms with van der Waals surface area (Å²) in [6, 6.07) is 6.56. The molecule has 1 fully saturated rings. The van der Waals surface area contributed by atoms with E-state index in [0.29, 0.717) is 47.9 Å². The van der Waals surface area contributed by atoms with E-state index in [1.54, 1.807) is 23.1 Å². The number of benzene rings is 1. The minimum atomic E-state index is -0.416. The van der Waals surface area contributed by atoms with Crippen molar-refractivity contribution >= 4 is 40.6 Å². The molecule has 166 valence electrons. The fourth-order valence-corrected chi connectivity index (χ4v) is 5.28. The summed E-state index contributed by atoms with van der Waals surface area (Å²) in [6.07, 6.45) is 2.29. The number of nitrogens with zero attached hydrogens (tertiary/aromatic N) is 2. The van der Waals surface area contributed by atoms with Crippen LogP contribution in [0, 0.1) is 16.0 Å². The van der Waals surface area contributed by atoms with Crippen LogP contribution in [0.25, 0.3) is 0 Å². The molecular weight excluding hydrogens is 434 g/mol. The molecule has 7 nitrogen and oxygen atoms in total. The molecule has 0 atom stereocenters. The maximum absolute atomic E-state index is 12.9. The zero-order chi connectivity index (χ0) is 22.4. The Kier molecular flexibility index (Phi) is 8.09. The highest BCUT2D eigenvalue weighted by Crippen LogP contribution is 2.31. The molecule has 2 heterocycles. The first kappa shape index (κ1) is 23.3. The van der Waals surface area contributed by atoms with Gasteiger partial charge in [0.25, 0.3) is 17.5 Å². The van der Waals surface area contributed by atoms with Crippen molar-refractivity contribution in [1.82, 2.24) is 10.2 Å². The third-order valence-electron chi connectivity index (χ3n) is 5.26. The number of thiophene rings is 1. The molecule has 1 N–H and O–H groups in total. The first-order valence-corrected chi connectivity index (χ1v) is 12.3. The lowest BCUT2D eigenvalue weighted by molar-refractivity contribution is -0.387. The molecule has 0 bridgehead atoms. The fraction of sp³-hybridized carbons (Fsp3) is 0.455. The van der Waals surface area contributed by atoms with Crippen LogP contribution in [0.2, 0.25) is 0 Å². The average Bonchev–Trinajstić information content (AvgIpc) is 3.29. The topological polar surface area (TPSA) is 92.6 Å². The number of likely N-dealkylation sites (tertiary alicyclic amines) is 1. The molecule has 2 aromatic rings. The molecule has 31 heavy (non-hydrogen) atoms. The second kappa shape index (κ2) is 10.8. The van der Waals surface area contributed by atoms with Crippen molar-refractivity contribution in [2.45, 2.75) is 44.0 Å². The van der Waals surface area contributed by atoms with Gasteiger partial charge in [-0.2, -0.15) is 11.3 Å². The summed E-state index contributed by atoms with van der Waals surface area (Å²) in [5.74, 6) is 1.04. The number of hydrogen-bond acceptors (Lipinski definition) is 6. The van der Waals surface area contributed by atoms with Gasteiger partial charge in [0.15, 0.2) is 0 Å². The zero-order valence-electron chi connectivity index (χ0n) is 17.7. The third-order valence-corrected chi connectivity index (χ3v) is 7.04. The maximum atomic E-state index is 12.9. The van der Waals surface area contributed by atoms with Crippen LogP contribution in [0.4, 0.5) is 5.69 Å². The highest BCUT2D eigenvalue weighted by Gasteiger charge is 2.26. The lowest BCUT2D eigenvalue weighted by atomic mass is 10.0. The van der Waals surface area contributed by atoms with E-state index >= 15 is 0 Å². The Bertz CT molecular complexity index is 923. The van der Waals surface area contributed by atoms with Crippen molar-refractivity contribution < 1.29 is 14.5 Å². The number of carbonyl (C=O) groups excluding carboxylic acids is 2. The zero-order valence-corrected chi connectivity index (χ0v) is 19.3. The number of carbonyl (C=O) groups is 2. The van der Waals surface area contributed by atoms with Gasteiger partial charge in [-0.3, -0.25) is 19.7 Å². The number of nitro groups is 1. The normalized spacial score (nSPS) is 14.6. The molecule has 1 saturated heterocycles. The molecule has 1 aliphatic rings.